The largest absolute Gasteiger partial charge is 0.495 e. The summed E-state index contributed by atoms with van der Waals surface area (Å²) in [7, 11) is 1.62. The maximum atomic E-state index is 12.7. The van der Waals surface area contributed by atoms with Gasteiger partial charge in [0.1, 0.15) is 5.75 Å². The van der Waals surface area contributed by atoms with Crippen molar-refractivity contribution in [1.29, 1.82) is 0 Å². The van der Waals surface area contributed by atoms with Crippen molar-refractivity contribution in [1.82, 2.24) is 4.98 Å². The molecule has 0 aliphatic rings. The van der Waals surface area contributed by atoms with Gasteiger partial charge in [-0.05, 0) is 30.2 Å². The van der Waals surface area contributed by atoms with Crippen LogP contribution in [0.1, 0.15) is 13.8 Å². The van der Waals surface area contributed by atoms with E-state index in [0.717, 1.165) is 11.1 Å². The van der Waals surface area contributed by atoms with Crippen LogP contribution >= 0.6 is 11.3 Å². The fourth-order valence-electron chi connectivity index (χ4n) is 2.98. The van der Waals surface area contributed by atoms with Gasteiger partial charge in [-0.1, -0.05) is 38.1 Å². The minimum Gasteiger partial charge on any atom is -0.495 e. The average Bonchev–Trinajstić information content (AvgIpc) is 3.20. The topological polar surface area (TPSA) is 73.6 Å². The molecule has 0 unspecified atom stereocenters. The zero-order chi connectivity index (χ0) is 21.1. The highest BCUT2D eigenvalue weighted by atomic mass is 32.1. The molecule has 0 spiro atoms. The van der Waals surface area contributed by atoms with E-state index >= 15 is 0 Å². The summed E-state index contributed by atoms with van der Waals surface area (Å²) in [4.78, 5) is 17.3. The highest BCUT2D eigenvalue weighted by Crippen LogP contribution is 2.32. The van der Waals surface area contributed by atoms with Gasteiger partial charge in [-0.2, -0.15) is 0 Å². The summed E-state index contributed by atoms with van der Waals surface area (Å²) in [5.41, 5.74) is 1.78. The van der Waals surface area contributed by atoms with E-state index in [-0.39, 0.29) is 0 Å². The zero-order valence-electron chi connectivity index (χ0n) is 17.0. The normalized spacial score (nSPS) is 11.1. The van der Waals surface area contributed by atoms with Crippen LogP contribution in [0.15, 0.2) is 63.1 Å². The Morgan fingerprint density at radius 3 is 2.73 bits per heavy atom. The van der Waals surface area contributed by atoms with E-state index in [1.165, 1.54) is 11.3 Å². The number of para-hydroxylation sites is 3. The van der Waals surface area contributed by atoms with Crippen molar-refractivity contribution in [3.05, 3.63) is 64.3 Å². The molecule has 0 amide bonds. The second kappa shape index (κ2) is 8.59. The summed E-state index contributed by atoms with van der Waals surface area (Å²) >= 11 is 1.40. The zero-order valence-corrected chi connectivity index (χ0v) is 17.8. The second-order valence-corrected chi connectivity index (χ2v) is 8.05. The number of aromatic nitrogens is 1. The number of nitrogens with zero attached hydrogens (tertiary/aromatic N) is 1. The molecule has 1 N–H and O–H groups in total. The molecule has 0 saturated carbocycles. The minimum absolute atomic E-state index is 0.371. The first-order chi connectivity index (χ1) is 14.5. The molecule has 0 bridgehead atoms. The van der Waals surface area contributed by atoms with Crippen molar-refractivity contribution >= 4 is 33.1 Å². The van der Waals surface area contributed by atoms with Crippen molar-refractivity contribution in [3.63, 3.8) is 0 Å². The lowest BCUT2D eigenvalue weighted by Gasteiger charge is -2.10. The summed E-state index contributed by atoms with van der Waals surface area (Å²) in [6.07, 6.45) is 0. The Hall–Kier alpha value is -3.32. The number of hydrogen-bond acceptors (Lipinski definition) is 7. The molecule has 0 atom stereocenters. The number of thiazole rings is 1. The Kier molecular flexibility index (Phi) is 5.72. The first kappa shape index (κ1) is 20.0. The Morgan fingerprint density at radius 2 is 1.93 bits per heavy atom. The van der Waals surface area contributed by atoms with Gasteiger partial charge in [0.15, 0.2) is 16.5 Å². The van der Waals surface area contributed by atoms with E-state index in [4.69, 9.17) is 13.9 Å². The van der Waals surface area contributed by atoms with E-state index < -0.39 is 5.63 Å². The molecule has 2 aromatic heterocycles. The van der Waals surface area contributed by atoms with Crippen LogP contribution < -0.4 is 20.4 Å². The van der Waals surface area contributed by atoms with Gasteiger partial charge in [-0.3, -0.25) is 0 Å². The molecule has 0 saturated heterocycles. The maximum absolute atomic E-state index is 12.7. The Labute approximate surface area is 178 Å². The van der Waals surface area contributed by atoms with Crippen LogP contribution in [0, 0.1) is 5.92 Å². The lowest BCUT2D eigenvalue weighted by Crippen LogP contribution is -2.07. The summed E-state index contributed by atoms with van der Waals surface area (Å²) < 4.78 is 16.8. The van der Waals surface area contributed by atoms with E-state index in [9.17, 15) is 4.79 Å². The first-order valence-electron chi connectivity index (χ1n) is 9.60. The number of nitrogens with one attached hydrogen (secondary N) is 1. The third kappa shape index (κ3) is 4.16. The van der Waals surface area contributed by atoms with Gasteiger partial charge in [0.05, 0.1) is 30.7 Å². The van der Waals surface area contributed by atoms with Crippen LogP contribution in [0.4, 0.5) is 10.8 Å². The van der Waals surface area contributed by atoms with Crippen molar-refractivity contribution in [2.24, 2.45) is 5.92 Å². The Balaban J connectivity index is 1.65. The molecule has 7 heteroatoms. The first-order valence-corrected chi connectivity index (χ1v) is 10.5. The molecule has 0 aliphatic carbocycles. The number of fused-ring (bicyclic) bond motifs is 1. The van der Waals surface area contributed by atoms with Crippen LogP contribution in [0.25, 0.3) is 22.2 Å². The molecule has 2 aromatic carbocycles. The third-order valence-electron chi connectivity index (χ3n) is 4.42. The molecule has 154 valence electrons. The van der Waals surface area contributed by atoms with Gasteiger partial charge in [0.25, 0.3) is 0 Å². The molecule has 2 heterocycles. The third-order valence-corrected chi connectivity index (χ3v) is 5.18. The molecule has 30 heavy (non-hydrogen) atoms. The summed E-state index contributed by atoms with van der Waals surface area (Å²) in [5.74, 6) is 1.66. The van der Waals surface area contributed by atoms with Crippen molar-refractivity contribution in [3.8, 4) is 22.8 Å². The summed E-state index contributed by atoms with van der Waals surface area (Å²) in [6.45, 7) is 4.69. The van der Waals surface area contributed by atoms with Crippen molar-refractivity contribution < 1.29 is 13.9 Å². The lowest BCUT2D eigenvalue weighted by molar-refractivity contribution is 0.270. The van der Waals surface area contributed by atoms with Crippen LogP contribution in [0.3, 0.4) is 0 Å². The van der Waals surface area contributed by atoms with Crippen molar-refractivity contribution in [2.45, 2.75) is 13.8 Å². The fraction of sp³-hybridized carbons (Fsp3) is 0.217. The monoisotopic (exact) mass is 422 g/mol. The van der Waals surface area contributed by atoms with Crippen molar-refractivity contribution in [2.75, 3.05) is 19.0 Å². The minimum atomic E-state index is -0.447. The standard InChI is InChI=1S/C23H22N2O4S/c1-14(2)12-28-20-10-6-7-15-11-16(22(26)29-21(15)20)18-13-30-23(25-18)24-17-8-4-5-9-19(17)27-3/h4-11,13-14H,12H2,1-3H3,(H,24,25). The summed E-state index contributed by atoms with van der Waals surface area (Å²) in [5, 5.41) is 6.51. The highest BCUT2D eigenvalue weighted by molar-refractivity contribution is 7.14. The van der Waals surface area contributed by atoms with Gasteiger partial charge < -0.3 is 19.2 Å². The molecule has 0 aliphatic heterocycles. The number of methoxy groups -OCH3 is 1. The van der Waals surface area contributed by atoms with E-state index in [1.807, 2.05) is 47.8 Å². The van der Waals surface area contributed by atoms with E-state index in [0.29, 0.717) is 46.0 Å². The number of ether oxygens (including phenoxy) is 2. The quantitative estimate of drug-likeness (QED) is 0.385. The van der Waals surface area contributed by atoms with Gasteiger partial charge >= 0.3 is 5.63 Å². The molecule has 0 fully saturated rings. The predicted molar refractivity (Wildman–Crippen MR) is 120 cm³/mol. The van der Waals surface area contributed by atoms with Crippen LogP contribution in [0.5, 0.6) is 11.5 Å². The molecular formula is C23H22N2O4S. The van der Waals surface area contributed by atoms with Crippen LogP contribution in [-0.4, -0.2) is 18.7 Å². The molecule has 4 rings (SSSR count). The maximum Gasteiger partial charge on any atom is 0.345 e. The molecule has 0 radical (unpaired) electrons. The average molecular weight is 423 g/mol. The van der Waals surface area contributed by atoms with Gasteiger partial charge in [0.2, 0.25) is 0 Å². The smallest absolute Gasteiger partial charge is 0.345 e. The Morgan fingerprint density at radius 1 is 1.13 bits per heavy atom. The van der Waals surface area contributed by atoms with Crippen LogP contribution in [-0.2, 0) is 0 Å². The number of hydrogen-bond donors (Lipinski definition) is 1. The Bertz CT molecular complexity index is 1230. The van der Waals surface area contributed by atoms with Gasteiger partial charge in [-0.15, -0.1) is 11.3 Å². The number of rotatable bonds is 7. The van der Waals surface area contributed by atoms with Gasteiger partial charge in [-0.25, -0.2) is 9.78 Å². The lowest BCUT2D eigenvalue weighted by atomic mass is 10.1. The molecular weight excluding hydrogens is 400 g/mol. The van der Waals surface area contributed by atoms with E-state index in [1.54, 1.807) is 13.2 Å². The summed E-state index contributed by atoms with van der Waals surface area (Å²) in [6, 6.07) is 15.0. The SMILES string of the molecule is COc1ccccc1Nc1nc(-c2cc3cccc(OCC(C)C)c3oc2=O)cs1. The highest BCUT2D eigenvalue weighted by Gasteiger charge is 2.15. The van der Waals surface area contributed by atoms with E-state index in [2.05, 4.69) is 24.1 Å². The second-order valence-electron chi connectivity index (χ2n) is 7.19. The number of benzene rings is 2. The number of anilines is 2. The molecule has 4 aromatic rings. The van der Waals surface area contributed by atoms with Crippen LogP contribution in [0.2, 0.25) is 0 Å². The molecule has 6 nitrogen and oxygen atoms in total. The van der Waals surface area contributed by atoms with Gasteiger partial charge in [0, 0.05) is 10.8 Å². The fourth-order valence-corrected chi connectivity index (χ4v) is 3.71. The predicted octanol–water partition coefficient (Wildman–Crippen LogP) is 5.70.